The van der Waals surface area contributed by atoms with Gasteiger partial charge in [0, 0.05) is 5.92 Å². The smallest absolute Gasteiger partial charge is 0.132 e. The normalized spacial score (nSPS) is 16.4. The van der Waals surface area contributed by atoms with Crippen LogP contribution in [0.3, 0.4) is 0 Å². The van der Waals surface area contributed by atoms with Gasteiger partial charge in [-0.3, -0.25) is 4.79 Å². The highest BCUT2D eigenvalue weighted by molar-refractivity contribution is 5.77. The van der Waals surface area contributed by atoms with E-state index in [9.17, 15) is 4.79 Å². The van der Waals surface area contributed by atoms with Gasteiger partial charge in [0.2, 0.25) is 0 Å². The van der Waals surface area contributed by atoms with E-state index in [4.69, 9.17) is 0 Å². The largest absolute Gasteiger partial charge is 0.300 e. The quantitative estimate of drug-likeness (QED) is 0.602. The van der Waals surface area contributed by atoms with E-state index in [0.717, 1.165) is 6.42 Å². The Balaban J connectivity index is 4.41. The first-order valence-electron chi connectivity index (χ1n) is 5.48. The van der Waals surface area contributed by atoms with Crippen LogP contribution in [0.4, 0.5) is 0 Å². The second kappa shape index (κ2) is 7.22. The Bertz CT molecular complexity index is 271. The molecule has 2 unspecified atom stereocenters. The third-order valence-electron chi connectivity index (χ3n) is 2.73. The number of rotatable bonds is 6. The summed E-state index contributed by atoms with van der Waals surface area (Å²) in [7, 11) is 0. The molecule has 0 aliphatic carbocycles. The van der Waals surface area contributed by atoms with Crippen LogP contribution >= 0.6 is 0 Å². The summed E-state index contributed by atoms with van der Waals surface area (Å²) in [6, 6.07) is 0. The fourth-order valence-corrected chi connectivity index (χ4v) is 1.56. The van der Waals surface area contributed by atoms with E-state index < -0.39 is 0 Å². The maximum atomic E-state index is 11.2. The second-order valence-corrected chi connectivity index (χ2v) is 4.03. The van der Waals surface area contributed by atoms with Crippen LogP contribution in [0.1, 0.15) is 34.1 Å². The minimum absolute atomic E-state index is 0.145. The Morgan fingerprint density at radius 2 is 1.93 bits per heavy atom. The molecule has 0 aromatic heterocycles. The van der Waals surface area contributed by atoms with Gasteiger partial charge in [0.15, 0.2) is 0 Å². The molecule has 0 aromatic rings. The van der Waals surface area contributed by atoms with Crippen molar-refractivity contribution < 1.29 is 4.79 Å². The standard InChI is InChI=1S/C14H22O/c1-6-8-9-14(7-2)12(4)10-11(3)13(5)15/h6-9,11-12H,1,10H2,2-5H3/b9-8-,14-7-. The molecule has 0 aliphatic heterocycles. The SMILES string of the molecule is C=C/C=C\C(=C\C)C(C)CC(C)C(C)=O. The Morgan fingerprint density at radius 1 is 1.33 bits per heavy atom. The third kappa shape index (κ3) is 5.36. The number of carbonyl (C=O) groups is 1. The van der Waals surface area contributed by atoms with Gasteiger partial charge in [-0.05, 0) is 31.8 Å². The zero-order chi connectivity index (χ0) is 11.8. The topological polar surface area (TPSA) is 17.1 Å². The van der Waals surface area contributed by atoms with Gasteiger partial charge in [-0.25, -0.2) is 0 Å². The number of allylic oxidation sites excluding steroid dienone is 5. The van der Waals surface area contributed by atoms with E-state index in [2.05, 4.69) is 25.7 Å². The summed E-state index contributed by atoms with van der Waals surface area (Å²) in [6.07, 6.45) is 8.77. The van der Waals surface area contributed by atoms with Crippen molar-refractivity contribution in [2.45, 2.75) is 34.1 Å². The second-order valence-electron chi connectivity index (χ2n) is 4.03. The van der Waals surface area contributed by atoms with Gasteiger partial charge in [-0.2, -0.15) is 0 Å². The summed E-state index contributed by atoms with van der Waals surface area (Å²) in [6.45, 7) is 11.5. The molecule has 0 saturated heterocycles. The highest BCUT2D eigenvalue weighted by Crippen LogP contribution is 2.21. The molecule has 0 N–H and O–H groups in total. The first-order valence-corrected chi connectivity index (χ1v) is 5.48. The molecule has 0 amide bonds. The summed E-state index contributed by atoms with van der Waals surface area (Å²) < 4.78 is 0. The van der Waals surface area contributed by atoms with Crippen molar-refractivity contribution in [3.05, 3.63) is 36.5 Å². The number of carbonyl (C=O) groups excluding carboxylic acids is 1. The predicted molar refractivity (Wildman–Crippen MR) is 66.7 cm³/mol. The summed E-state index contributed by atoms with van der Waals surface area (Å²) >= 11 is 0. The zero-order valence-electron chi connectivity index (χ0n) is 10.3. The van der Waals surface area contributed by atoms with E-state index in [1.54, 1.807) is 13.0 Å². The molecule has 84 valence electrons. The minimum atomic E-state index is 0.145. The fraction of sp³-hybridized carbons (Fsp3) is 0.500. The monoisotopic (exact) mass is 206 g/mol. The van der Waals surface area contributed by atoms with Gasteiger partial charge in [0.25, 0.3) is 0 Å². The van der Waals surface area contributed by atoms with E-state index in [0.29, 0.717) is 5.92 Å². The molecule has 1 heteroatoms. The maximum absolute atomic E-state index is 11.2. The van der Waals surface area contributed by atoms with Crippen LogP contribution in [0, 0.1) is 11.8 Å². The molecule has 1 nitrogen and oxygen atoms in total. The molecule has 0 spiro atoms. The van der Waals surface area contributed by atoms with Crippen LogP contribution in [0.25, 0.3) is 0 Å². The Hall–Kier alpha value is -1.11. The van der Waals surface area contributed by atoms with Crippen molar-refractivity contribution in [3.8, 4) is 0 Å². The van der Waals surface area contributed by atoms with Crippen molar-refractivity contribution in [3.63, 3.8) is 0 Å². The lowest BCUT2D eigenvalue weighted by molar-refractivity contribution is -0.120. The van der Waals surface area contributed by atoms with Crippen molar-refractivity contribution in [2.24, 2.45) is 11.8 Å². The molecule has 0 aliphatic rings. The Kier molecular flexibility index (Phi) is 6.68. The lowest BCUT2D eigenvalue weighted by Crippen LogP contribution is -2.11. The third-order valence-corrected chi connectivity index (χ3v) is 2.73. The van der Waals surface area contributed by atoms with Gasteiger partial charge >= 0.3 is 0 Å². The molecule has 0 aromatic carbocycles. The number of ketones is 1. The van der Waals surface area contributed by atoms with Gasteiger partial charge < -0.3 is 0 Å². The van der Waals surface area contributed by atoms with E-state index >= 15 is 0 Å². The van der Waals surface area contributed by atoms with E-state index in [1.807, 2.05) is 19.9 Å². The first kappa shape index (κ1) is 13.9. The molecule has 0 rings (SSSR count). The average molecular weight is 206 g/mol. The average Bonchev–Trinajstić information content (AvgIpc) is 2.18. The lowest BCUT2D eigenvalue weighted by atomic mass is 9.89. The minimum Gasteiger partial charge on any atom is -0.300 e. The Labute approximate surface area is 93.6 Å². The number of Topliss-reactive ketones (excluding diaryl/α,β-unsaturated/α-hetero) is 1. The molecule has 2 atom stereocenters. The van der Waals surface area contributed by atoms with Crippen LogP contribution in [-0.4, -0.2) is 5.78 Å². The predicted octanol–water partition coefficient (Wildman–Crippen LogP) is 3.93. The summed E-state index contributed by atoms with van der Waals surface area (Å²) in [5.74, 6) is 0.835. The molecular formula is C14H22O. The van der Waals surface area contributed by atoms with Crippen LogP contribution in [0.2, 0.25) is 0 Å². The summed E-state index contributed by atoms with van der Waals surface area (Å²) in [5, 5.41) is 0. The van der Waals surface area contributed by atoms with Crippen molar-refractivity contribution in [2.75, 3.05) is 0 Å². The maximum Gasteiger partial charge on any atom is 0.132 e. The van der Waals surface area contributed by atoms with Crippen LogP contribution < -0.4 is 0 Å². The first-order chi connectivity index (χ1) is 7.02. The highest BCUT2D eigenvalue weighted by Gasteiger charge is 2.13. The van der Waals surface area contributed by atoms with E-state index in [-0.39, 0.29) is 11.7 Å². The summed E-state index contributed by atoms with van der Waals surface area (Å²) in [5.41, 5.74) is 1.27. The van der Waals surface area contributed by atoms with Gasteiger partial charge in [-0.15, -0.1) is 0 Å². The molecule has 0 fully saturated rings. The Morgan fingerprint density at radius 3 is 2.33 bits per heavy atom. The zero-order valence-corrected chi connectivity index (χ0v) is 10.3. The van der Waals surface area contributed by atoms with Gasteiger partial charge in [0.1, 0.15) is 5.78 Å². The summed E-state index contributed by atoms with van der Waals surface area (Å²) in [4.78, 5) is 11.2. The highest BCUT2D eigenvalue weighted by atomic mass is 16.1. The molecule has 0 bridgehead atoms. The molecule has 0 radical (unpaired) electrons. The van der Waals surface area contributed by atoms with Gasteiger partial charge in [0.05, 0.1) is 0 Å². The number of hydrogen-bond acceptors (Lipinski definition) is 1. The fourth-order valence-electron chi connectivity index (χ4n) is 1.56. The van der Waals surface area contributed by atoms with Crippen LogP contribution in [0.5, 0.6) is 0 Å². The van der Waals surface area contributed by atoms with Crippen LogP contribution in [0.15, 0.2) is 36.5 Å². The molecule has 0 heterocycles. The number of hydrogen-bond donors (Lipinski definition) is 0. The molecule has 15 heavy (non-hydrogen) atoms. The van der Waals surface area contributed by atoms with Crippen LogP contribution in [-0.2, 0) is 4.79 Å². The van der Waals surface area contributed by atoms with Crippen molar-refractivity contribution in [1.82, 2.24) is 0 Å². The van der Waals surface area contributed by atoms with Crippen molar-refractivity contribution in [1.29, 1.82) is 0 Å². The molecular weight excluding hydrogens is 184 g/mol. The van der Waals surface area contributed by atoms with E-state index in [1.165, 1.54) is 5.57 Å². The lowest BCUT2D eigenvalue weighted by Gasteiger charge is -2.16. The van der Waals surface area contributed by atoms with Gasteiger partial charge in [-0.1, -0.05) is 44.7 Å². The molecule has 0 saturated carbocycles. The van der Waals surface area contributed by atoms with Crippen molar-refractivity contribution >= 4 is 5.78 Å².